The number of carbonyl (C=O) groups is 1. The molecule has 0 spiro atoms. The van der Waals surface area contributed by atoms with Crippen molar-refractivity contribution >= 4 is 17.6 Å². The van der Waals surface area contributed by atoms with Gasteiger partial charge in [0.15, 0.2) is 0 Å². The van der Waals surface area contributed by atoms with Gasteiger partial charge in [0.2, 0.25) is 5.88 Å². The van der Waals surface area contributed by atoms with E-state index in [1.54, 1.807) is 7.05 Å². The van der Waals surface area contributed by atoms with Crippen molar-refractivity contribution in [3.63, 3.8) is 0 Å². The van der Waals surface area contributed by atoms with Crippen LogP contribution in [0, 0.1) is 12.8 Å². The van der Waals surface area contributed by atoms with E-state index in [2.05, 4.69) is 11.0 Å². The number of imidazole rings is 1. The minimum Gasteiger partial charge on any atom is -0.493 e. The molecule has 1 saturated carbocycles. The largest absolute Gasteiger partial charge is 0.493 e. The van der Waals surface area contributed by atoms with Crippen LogP contribution in [-0.4, -0.2) is 43.4 Å². The third kappa shape index (κ3) is 7.67. The highest BCUT2D eigenvalue weighted by Gasteiger charge is 2.27. The Morgan fingerprint density at radius 1 is 1.15 bits per heavy atom. The Morgan fingerprint density at radius 2 is 1.87 bits per heavy atom. The van der Waals surface area contributed by atoms with E-state index in [9.17, 15) is 19.8 Å². The van der Waals surface area contributed by atoms with Crippen LogP contribution in [0.25, 0.3) is 0 Å². The molecule has 0 bridgehead atoms. The van der Waals surface area contributed by atoms with E-state index in [1.807, 2.05) is 43.3 Å². The second-order valence-electron chi connectivity index (χ2n) is 10.6. The van der Waals surface area contributed by atoms with E-state index in [-0.39, 0.29) is 37.2 Å². The number of halogens is 1. The summed E-state index contributed by atoms with van der Waals surface area (Å²) < 4.78 is 8.54. The third-order valence-electron chi connectivity index (χ3n) is 7.60. The molecule has 1 fully saturated rings. The molecule has 1 atom stereocenters. The first-order valence-corrected chi connectivity index (χ1v) is 14.0. The SMILES string of the molecule is Cc1cc(CN(CC2CCCCC2)[C@H](CC(=O)O)c2ccc(Cl)cc2)ccc1OCCn1c(O)cn(C)c1=O. The molecule has 8 nitrogen and oxygen atoms in total. The Morgan fingerprint density at radius 3 is 2.49 bits per heavy atom. The molecule has 3 aromatic rings. The van der Waals surface area contributed by atoms with Crippen LogP contribution in [0.3, 0.4) is 0 Å². The van der Waals surface area contributed by atoms with Crippen molar-refractivity contribution in [2.75, 3.05) is 13.2 Å². The molecule has 1 heterocycles. The zero-order chi connectivity index (χ0) is 27.9. The van der Waals surface area contributed by atoms with Gasteiger partial charge in [0, 0.05) is 31.2 Å². The number of benzene rings is 2. The van der Waals surface area contributed by atoms with Gasteiger partial charge in [0.25, 0.3) is 0 Å². The van der Waals surface area contributed by atoms with Gasteiger partial charge in [0.1, 0.15) is 12.4 Å². The molecular formula is C30H38ClN3O5. The van der Waals surface area contributed by atoms with Gasteiger partial charge in [-0.15, -0.1) is 0 Å². The highest BCUT2D eigenvalue weighted by atomic mass is 35.5. The van der Waals surface area contributed by atoms with E-state index in [0.29, 0.717) is 23.2 Å². The van der Waals surface area contributed by atoms with Gasteiger partial charge >= 0.3 is 11.7 Å². The number of aliphatic carboxylic acids is 1. The van der Waals surface area contributed by atoms with Crippen LogP contribution < -0.4 is 10.4 Å². The van der Waals surface area contributed by atoms with E-state index in [0.717, 1.165) is 23.2 Å². The van der Waals surface area contributed by atoms with Crippen molar-refractivity contribution < 1.29 is 19.7 Å². The highest BCUT2D eigenvalue weighted by molar-refractivity contribution is 6.30. The summed E-state index contributed by atoms with van der Waals surface area (Å²) in [5.41, 5.74) is 2.69. The Balaban J connectivity index is 1.51. The summed E-state index contributed by atoms with van der Waals surface area (Å²) >= 11 is 6.13. The number of ether oxygens (including phenoxy) is 1. The van der Waals surface area contributed by atoms with Crippen molar-refractivity contribution in [3.8, 4) is 11.6 Å². The summed E-state index contributed by atoms with van der Waals surface area (Å²) in [4.78, 5) is 26.3. The summed E-state index contributed by atoms with van der Waals surface area (Å²) in [6, 6.07) is 13.3. The fourth-order valence-electron chi connectivity index (χ4n) is 5.56. The molecule has 0 unspecified atom stereocenters. The fourth-order valence-corrected chi connectivity index (χ4v) is 5.69. The van der Waals surface area contributed by atoms with Gasteiger partial charge in [0.05, 0.1) is 19.2 Å². The van der Waals surface area contributed by atoms with Gasteiger partial charge in [-0.1, -0.05) is 55.1 Å². The Labute approximate surface area is 234 Å². The quantitative estimate of drug-likeness (QED) is 0.305. The molecule has 210 valence electrons. The average Bonchev–Trinajstić information content (AvgIpc) is 3.15. The van der Waals surface area contributed by atoms with Crippen molar-refractivity contribution in [2.45, 2.75) is 64.6 Å². The lowest BCUT2D eigenvalue weighted by Crippen LogP contribution is -2.35. The number of hydrogen-bond donors (Lipinski definition) is 2. The van der Waals surface area contributed by atoms with E-state index < -0.39 is 5.97 Å². The van der Waals surface area contributed by atoms with Crippen LogP contribution in [0.1, 0.15) is 61.3 Å². The topological polar surface area (TPSA) is 96.9 Å². The molecule has 0 saturated heterocycles. The van der Waals surface area contributed by atoms with E-state index in [4.69, 9.17) is 16.3 Å². The first-order chi connectivity index (χ1) is 18.7. The monoisotopic (exact) mass is 555 g/mol. The lowest BCUT2D eigenvalue weighted by molar-refractivity contribution is -0.138. The number of aromatic nitrogens is 2. The summed E-state index contributed by atoms with van der Waals surface area (Å²) in [6.45, 7) is 3.91. The van der Waals surface area contributed by atoms with Crippen molar-refractivity contribution in [1.29, 1.82) is 0 Å². The molecule has 0 amide bonds. The maximum absolute atomic E-state index is 12.1. The van der Waals surface area contributed by atoms with Crippen molar-refractivity contribution in [2.24, 2.45) is 13.0 Å². The molecule has 0 radical (unpaired) electrons. The number of nitrogens with zero attached hydrogens (tertiary/aromatic N) is 3. The van der Waals surface area contributed by atoms with Crippen LogP contribution in [0.2, 0.25) is 5.02 Å². The number of carboxylic acid groups (broad SMARTS) is 1. The molecule has 2 N–H and O–H groups in total. The minimum atomic E-state index is -0.827. The molecule has 9 heteroatoms. The number of hydrogen-bond acceptors (Lipinski definition) is 5. The summed E-state index contributed by atoms with van der Waals surface area (Å²) in [7, 11) is 1.59. The van der Waals surface area contributed by atoms with Gasteiger partial charge in [-0.25, -0.2) is 4.79 Å². The molecule has 2 aromatic carbocycles. The zero-order valence-electron chi connectivity index (χ0n) is 22.7. The number of rotatable bonds is 12. The summed E-state index contributed by atoms with van der Waals surface area (Å²) in [5, 5.41) is 20.4. The summed E-state index contributed by atoms with van der Waals surface area (Å²) in [5.74, 6) is 0.338. The first-order valence-electron chi connectivity index (χ1n) is 13.6. The average molecular weight is 556 g/mol. The number of aryl methyl sites for hydroxylation is 2. The van der Waals surface area contributed by atoms with Crippen LogP contribution in [0.4, 0.5) is 0 Å². The maximum Gasteiger partial charge on any atom is 0.330 e. The Hall–Kier alpha value is -3.23. The normalized spacial score (nSPS) is 15.0. The third-order valence-corrected chi connectivity index (χ3v) is 7.85. The zero-order valence-corrected chi connectivity index (χ0v) is 23.4. The van der Waals surface area contributed by atoms with Crippen molar-refractivity contribution in [1.82, 2.24) is 14.0 Å². The number of carboxylic acids is 1. The molecule has 1 aliphatic rings. The second kappa shape index (κ2) is 13.2. The number of aromatic hydroxyl groups is 1. The fraction of sp³-hybridized carbons (Fsp3) is 0.467. The van der Waals surface area contributed by atoms with Gasteiger partial charge in [-0.05, 0) is 60.6 Å². The van der Waals surface area contributed by atoms with Crippen molar-refractivity contribution in [3.05, 3.63) is 80.9 Å². The standard InChI is InChI=1S/C30H38ClN3O5/c1-21-16-23(8-13-27(21)39-15-14-34-28(35)20-32(2)30(34)38)19-33(18-22-6-4-3-5-7-22)26(17-29(36)37)24-9-11-25(31)12-10-24/h8-13,16,20,22,26,35H,3-7,14-15,17-19H2,1-2H3,(H,36,37)/t26-/m1/s1. The lowest BCUT2D eigenvalue weighted by Gasteiger charge is -2.35. The van der Waals surface area contributed by atoms with Crippen LogP contribution >= 0.6 is 11.6 Å². The second-order valence-corrected chi connectivity index (χ2v) is 11.0. The van der Waals surface area contributed by atoms with Crippen LogP contribution in [0.15, 0.2) is 53.5 Å². The Kier molecular flexibility index (Phi) is 9.75. The predicted octanol–water partition coefficient (Wildman–Crippen LogP) is 5.53. The summed E-state index contributed by atoms with van der Waals surface area (Å²) in [6.07, 6.45) is 7.45. The first kappa shape index (κ1) is 28.8. The maximum atomic E-state index is 12.1. The van der Waals surface area contributed by atoms with Gasteiger partial charge in [-0.3, -0.25) is 18.8 Å². The van der Waals surface area contributed by atoms with Gasteiger partial charge in [-0.2, -0.15) is 0 Å². The lowest BCUT2D eigenvalue weighted by atomic mass is 9.88. The molecular weight excluding hydrogens is 518 g/mol. The van der Waals surface area contributed by atoms with E-state index in [1.165, 1.54) is 47.4 Å². The molecule has 1 aliphatic carbocycles. The molecule has 0 aliphatic heterocycles. The highest BCUT2D eigenvalue weighted by Crippen LogP contribution is 2.33. The minimum absolute atomic E-state index is 0.0141. The van der Waals surface area contributed by atoms with Crippen LogP contribution in [0.5, 0.6) is 11.6 Å². The molecule has 1 aromatic heterocycles. The smallest absolute Gasteiger partial charge is 0.330 e. The molecule has 4 rings (SSSR count). The van der Waals surface area contributed by atoms with Crippen LogP contribution in [-0.2, 0) is 24.9 Å². The molecule has 39 heavy (non-hydrogen) atoms. The van der Waals surface area contributed by atoms with Gasteiger partial charge < -0.3 is 14.9 Å². The Bertz CT molecular complexity index is 1310. The predicted molar refractivity (Wildman–Crippen MR) is 151 cm³/mol. The van der Waals surface area contributed by atoms with E-state index >= 15 is 0 Å².